The fourth-order valence-corrected chi connectivity index (χ4v) is 2.68. The van der Waals surface area contributed by atoms with Crippen LogP contribution in [0.5, 0.6) is 0 Å². The van der Waals surface area contributed by atoms with Gasteiger partial charge in [-0.05, 0) is 50.0 Å². The molecule has 0 radical (unpaired) electrons. The molecule has 3 heteroatoms. The Hall–Kier alpha value is -1.35. The van der Waals surface area contributed by atoms with E-state index < -0.39 is 0 Å². The third-order valence-electron chi connectivity index (χ3n) is 3.70. The monoisotopic (exact) mass is 244 g/mol. The molecule has 1 aromatic carbocycles. The van der Waals surface area contributed by atoms with Crippen molar-refractivity contribution in [3.63, 3.8) is 0 Å². The van der Waals surface area contributed by atoms with Gasteiger partial charge in [0, 0.05) is 5.92 Å². The molecule has 1 aliphatic heterocycles. The van der Waals surface area contributed by atoms with Gasteiger partial charge < -0.3 is 9.73 Å². The fraction of sp³-hybridized carbons (Fsp3) is 0.533. The maximum atomic E-state index is 5.90. The van der Waals surface area contributed by atoms with Crippen LogP contribution in [0, 0.1) is 0 Å². The van der Waals surface area contributed by atoms with E-state index in [2.05, 4.69) is 35.4 Å². The molecule has 96 valence electrons. The molecule has 0 unspecified atom stereocenters. The highest BCUT2D eigenvalue weighted by atomic mass is 16.3. The summed E-state index contributed by atoms with van der Waals surface area (Å²) in [5.74, 6) is 1.42. The summed E-state index contributed by atoms with van der Waals surface area (Å²) >= 11 is 0. The zero-order valence-corrected chi connectivity index (χ0v) is 10.9. The largest absolute Gasteiger partial charge is 0.440 e. The predicted octanol–water partition coefficient (Wildman–Crippen LogP) is 3.25. The molecule has 3 rings (SSSR count). The molecule has 2 aromatic rings. The van der Waals surface area contributed by atoms with Gasteiger partial charge in [-0.3, -0.25) is 0 Å². The lowest BCUT2D eigenvalue weighted by Crippen LogP contribution is -2.26. The van der Waals surface area contributed by atoms with Crippen LogP contribution in [-0.2, 0) is 6.42 Å². The smallest absolute Gasteiger partial charge is 0.198 e. The van der Waals surface area contributed by atoms with E-state index in [9.17, 15) is 0 Å². The van der Waals surface area contributed by atoms with Crippen LogP contribution in [0.15, 0.2) is 22.6 Å². The fourth-order valence-electron chi connectivity index (χ4n) is 2.68. The lowest BCUT2D eigenvalue weighted by Gasteiger charge is -2.19. The van der Waals surface area contributed by atoms with Crippen molar-refractivity contribution in [2.24, 2.45) is 0 Å². The lowest BCUT2D eigenvalue weighted by molar-refractivity contribution is 0.385. The number of nitrogens with zero attached hydrogens (tertiary/aromatic N) is 1. The highest BCUT2D eigenvalue weighted by molar-refractivity contribution is 5.73. The van der Waals surface area contributed by atoms with E-state index in [-0.39, 0.29) is 0 Å². The van der Waals surface area contributed by atoms with Crippen LogP contribution in [0.2, 0.25) is 0 Å². The number of hydrogen-bond acceptors (Lipinski definition) is 3. The zero-order valence-electron chi connectivity index (χ0n) is 10.9. The molecule has 1 aromatic heterocycles. The maximum absolute atomic E-state index is 5.90. The molecular weight excluding hydrogens is 224 g/mol. The summed E-state index contributed by atoms with van der Waals surface area (Å²) in [5.41, 5.74) is 3.31. The van der Waals surface area contributed by atoms with Gasteiger partial charge in [0.1, 0.15) is 5.52 Å². The van der Waals surface area contributed by atoms with Gasteiger partial charge in [0.2, 0.25) is 0 Å². The minimum atomic E-state index is 0.494. The standard InChI is InChI=1S/C15H20N2O/c1-2-3-11-4-5-14-13(10-11)17-15(18-14)12-6-8-16-9-7-12/h4-5,10,12,16H,2-3,6-9H2,1H3. The molecular formula is C15H20N2O. The molecule has 0 atom stereocenters. The number of piperidine rings is 1. The summed E-state index contributed by atoms with van der Waals surface area (Å²) < 4.78 is 5.90. The summed E-state index contributed by atoms with van der Waals surface area (Å²) in [6, 6.07) is 6.40. The number of benzene rings is 1. The number of fused-ring (bicyclic) bond motifs is 1. The van der Waals surface area contributed by atoms with Crippen molar-refractivity contribution >= 4 is 11.1 Å². The van der Waals surface area contributed by atoms with E-state index >= 15 is 0 Å². The van der Waals surface area contributed by atoms with Crippen molar-refractivity contribution in [2.45, 2.75) is 38.5 Å². The van der Waals surface area contributed by atoms with Gasteiger partial charge in [-0.2, -0.15) is 0 Å². The Kier molecular flexibility index (Phi) is 3.33. The van der Waals surface area contributed by atoms with E-state index in [1.165, 1.54) is 12.0 Å². The molecule has 0 aliphatic carbocycles. The van der Waals surface area contributed by atoms with Gasteiger partial charge in [-0.15, -0.1) is 0 Å². The van der Waals surface area contributed by atoms with Crippen LogP contribution in [0.25, 0.3) is 11.1 Å². The molecule has 3 nitrogen and oxygen atoms in total. The number of aromatic nitrogens is 1. The van der Waals surface area contributed by atoms with Crippen molar-refractivity contribution in [2.75, 3.05) is 13.1 Å². The minimum Gasteiger partial charge on any atom is -0.440 e. The third kappa shape index (κ3) is 2.27. The maximum Gasteiger partial charge on any atom is 0.198 e. The van der Waals surface area contributed by atoms with Gasteiger partial charge in [-0.1, -0.05) is 19.4 Å². The average Bonchev–Trinajstić information content (AvgIpc) is 2.83. The number of nitrogens with one attached hydrogen (secondary N) is 1. The van der Waals surface area contributed by atoms with Gasteiger partial charge in [-0.25, -0.2) is 4.98 Å². The van der Waals surface area contributed by atoms with Crippen LogP contribution in [0.1, 0.15) is 43.6 Å². The van der Waals surface area contributed by atoms with Crippen molar-refractivity contribution in [1.29, 1.82) is 0 Å². The highest BCUT2D eigenvalue weighted by Gasteiger charge is 2.20. The second-order valence-electron chi connectivity index (χ2n) is 5.13. The van der Waals surface area contributed by atoms with Crippen LogP contribution < -0.4 is 5.32 Å². The predicted molar refractivity (Wildman–Crippen MR) is 72.8 cm³/mol. The Balaban J connectivity index is 1.89. The normalized spacial score (nSPS) is 17.4. The Bertz CT molecular complexity index is 526. The molecule has 0 amide bonds. The molecule has 1 aliphatic rings. The van der Waals surface area contributed by atoms with Crippen LogP contribution in [0.3, 0.4) is 0 Å². The van der Waals surface area contributed by atoms with Crippen LogP contribution >= 0.6 is 0 Å². The van der Waals surface area contributed by atoms with E-state index in [1.807, 2.05) is 0 Å². The van der Waals surface area contributed by atoms with E-state index in [0.29, 0.717) is 5.92 Å². The zero-order chi connectivity index (χ0) is 12.4. The average molecular weight is 244 g/mol. The first-order valence-corrected chi connectivity index (χ1v) is 6.97. The van der Waals surface area contributed by atoms with Gasteiger partial charge >= 0.3 is 0 Å². The first-order chi connectivity index (χ1) is 8.86. The molecule has 0 spiro atoms. The highest BCUT2D eigenvalue weighted by Crippen LogP contribution is 2.28. The van der Waals surface area contributed by atoms with Crippen LogP contribution in [-0.4, -0.2) is 18.1 Å². The lowest BCUT2D eigenvalue weighted by atomic mass is 9.98. The topological polar surface area (TPSA) is 38.1 Å². The quantitative estimate of drug-likeness (QED) is 0.900. The van der Waals surface area contributed by atoms with E-state index in [0.717, 1.165) is 49.3 Å². The molecule has 1 N–H and O–H groups in total. The summed E-state index contributed by atoms with van der Waals surface area (Å²) in [5, 5.41) is 3.37. The van der Waals surface area contributed by atoms with Crippen molar-refractivity contribution in [1.82, 2.24) is 10.3 Å². The Labute approximate surface area is 108 Å². The first-order valence-electron chi connectivity index (χ1n) is 6.97. The molecule has 18 heavy (non-hydrogen) atoms. The molecule has 1 saturated heterocycles. The second kappa shape index (κ2) is 5.11. The summed E-state index contributed by atoms with van der Waals surface area (Å²) in [6.45, 7) is 4.35. The molecule has 0 saturated carbocycles. The molecule has 0 bridgehead atoms. The SMILES string of the molecule is CCCc1ccc2oc(C3CCNCC3)nc2c1. The first kappa shape index (κ1) is 11.7. The van der Waals surface area contributed by atoms with Crippen molar-refractivity contribution in [3.8, 4) is 0 Å². The van der Waals surface area contributed by atoms with Gasteiger partial charge in [0.25, 0.3) is 0 Å². The van der Waals surface area contributed by atoms with Crippen LogP contribution in [0.4, 0.5) is 0 Å². The Morgan fingerprint density at radius 2 is 2.17 bits per heavy atom. The minimum absolute atomic E-state index is 0.494. The van der Waals surface area contributed by atoms with Gasteiger partial charge in [0.15, 0.2) is 11.5 Å². The summed E-state index contributed by atoms with van der Waals surface area (Å²) in [4.78, 5) is 4.68. The molecule has 2 heterocycles. The Morgan fingerprint density at radius 3 is 2.94 bits per heavy atom. The number of oxazole rings is 1. The number of hydrogen-bond donors (Lipinski definition) is 1. The summed E-state index contributed by atoms with van der Waals surface area (Å²) in [7, 11) is 0. The second-order valence-corrected chi connectivity index (χ2v) is 5.13. The number of rotatable bonds is 3. The van der Waals surface area contributed by atoms with Crippen molar-refractivity contribution in [3.05, 3.63) is 29.7 Å². The summed E-state index contributed by atoms with van der Waals surface area (Å²) in [6.07, 6.45) is 4.55. The van der Waals surface area contributed by atoms with E-state index in [1.54, 1.807) is 0 Å². The Morgan fingerprint density at radius 1 is 1.33 bits per heavy atom. The number of aryl methyl sites for hydroxylation is 1. The van der Waals surface area contributed by atoms with Crippen molar-refractivity contribution < 1.29 is 4.42 Å². The third-order valence-corrected chi connectivity index (χ3v) is 3.70. The van der Waals surface area contributed by atoms with Gasteiger partial charge in [0.05, 0.1) is 0 Å². The molecule has 1 fully saturated rings. The van der Waals surface area contributed by atoms with E-state index in [4.69, 9.17) is 4.42 Å².